The average Bonchev–Trinajstić information content (AvgIpc) is 3.20. The van der Waals surface area contributed by atoms with E-state index in [0.717, 1.165) is 28.9 Å². The summed E-state index contributed by atoms with van der Waals surface area (Å²) >= 11 is 0. The van der Waals surface area contributed by atoms with Crippen LogP contribution in [0.3, 0.4) is 0 Å². The summed E-state index contributed by atoms with van der Waals surface area (Å²) in [6.45, 7) is 10.5. The van der Waals surface area contributed by atoms with Gasteiger partial charge in [-0.3, -0.25) is 14.7 Å². The maximum absolute atomic E-state index is 13.6. The molecule has 0 radical (unpaired) electrons. The maximum Gasteiger partial charge on any atom is 0.274 e. The highest BCUT2D eigenvalue weighted by molar-refractivity contribution is 5.94. The van der Waals surface area contributed by atoms with Gasteiger partial charge in [0, 0.05) is 35.6 Å². The zero-order chi connectivity index (χ0) is 27.0. The summed E-state index contributed by atoms with van der Waals surface area (Å²) in [5.41, 5.74) is 4.92. The Labute approximate surface area is 217 Å². The minimum absolute atomic E-state index is 0.0383. The van der Waals surface area contributed by atoms with Gasteiger partial charge in [-0.2, -0.15) is 0 Å². The van der Waals surface area contributed by atoms with Gasteiger partial charge in [-0.25, -0.2) is 4.68 Å². The molecule has 0 amide bonds. The molecule has 2 unspecified atom stereocenters. The zero-order valence-corrected chi connectivity index (χ0v) is 22.1. The normalized spacial score (nSPS) is 21.1. The summed E-state index contributed by atoms with van der Waals surface area (Å²) in [7, 11) is 0. The number of benzene rings is 2. The first-order valence-electron chi connectivity index (χ1n) is 12.9. The summed E-state index contributed by atoms with van der Waals surface area (Å²) in [5, 5.41) is 39.6. The third kappa shape index (κ3) is 4.65. The highest BCUT2D eigenvalue weighted by Gasteiger charge is 2.42. The lowest BCUT2D eigenvalue weighted by Crippen LogP contribution is -2.64. The Bertz CT molecular complexity index is 1350. The number of aromatic nitrogens is 2. The lowest BCUT2D eigenvalue weighted by atomic mass is 9.62. The van der Waals surface area contributed by atoms with E-state index in [1.54, 1.807) is 24.3 Å². The minimum Gasteiger partial charge on any atom is -0.851 e. The molecule has 2 N–H and O–H groups in total. The molecule has 0 spiro atoms. The van der Waals surface area contributed by atoms with E-state index in [-0.39, 0.29) is 18.0 Å². The SMILES string of the molecule is CCc1[nH]n(-c2cccc(C(C)=O)c2)c(=O)c1C1C([O-])C(c2cc(C)c(N(CC)CCO)cc2C)C1[O-]. The topological polar surface area (TPSA) is 124 Å². The highest BCUT2D eigenvalue weighted by Crippen LogP contribution is 2.47. The van der Waals surface area contributed by atoms with Crippen molar-refractivity contribution in [2.75, 3.05) is 24.6 Å². The Kier molecular flexibility index (Phi) is 7.73. The van der Waals surface area contributed by atoms with Crippen molar-refractivity contribution in [2.45, 2.75) is 65.1 Å². The number of aliphatic hydroxyl groups excluding tert-OH is 1. The third-order valence-corrected chi connectivity index (χ3v) is 7.65. The van der Waals surface area contributed by atoms with Crippen LogP contribution in [0, 0.1) is 13.8 Å². The van der Waals surface area contributed by atoms with Crippen LogP contribution in [0.2, 0.25) is 0 Å². The molecule has 4 rings (SSSR count). The minimum atomic E-state index is -1.24. The Morgan fingerprint density at radius 1 is 1.08 bits per heavy atom. The van der Waals surface area contributed by atoms with E-state index in [2.05, 4.69) is 10.00 Å². The van der Waals surface area contributed by atoms with Crippen LogP contribution >= 0.6 is 0 Å². The number of aromatic amines is 1. The standard InChI is InChI=1S/C29H35N3O5/c1-6-22-25(29(37)32(30-22)20-10-8-9-19(15-20)18(5)34)26-27(35)24(28(26)36)21-13-17(4)23(14-16(21)3)31(7-2)11-12-33/h8-10,13-15,24,26-28,30,33H,6-7,11-12H2,1-5H3/q-2. The van der Waals surface area contributed by atoms with Crippen LogP contribution in [0.4, 0.5) is 5.69 Å². The number of Topliss-reactive ketones (excluding diaryl/α,β-unsaturated/α-hetero) is 1. The second-order valence-corrected chi connectivity index (χ2v) is 9.88. The summed E-state index contributed by atoms with van der Waals surface area (Å²) in [6, 6.07) is 10.6. The smallest absolute Gasteiger partial charge is 0.274 e. The summed E-state index contributed by atoms with van der Waals surface area (Å²) in [4.78, 5) is 27.4. The quantitative estimate of drug-likeness (QED) is 0.427. The monoisotopic (exact) mass is 505 g/mol. The molecule has 1 fully saturated rings. The van der Waals surface area contributed by atoms with Crippen molar-refractivity contribution < 1.29 is 20.1 Å². The molecule has 0 saturated heterocycles. The fourth-order valence-corrected chi connectivity index (χ4v) is 5.60. The molecular formula is C29H35N3O5-2. The molecule has 8 nitrogen and oxygen atoms in total. The molecule has 8 heteroatoms. The van der Waals surface area contributed by atoms with Gasteiger partial charge >= 0.3 is 0 Å². The van der Waals surface area contributed by atoms with Crippen molar-refractivity contribution in [3.63, 3.8) is 0 Å². The number of H-pyrrole nitrogens is 1. The molecule has 1 aliphatic carbocycles. The second kappa shape index (κ2) is 10.7. The summed E-state index contributed by atoms with van der Waals surface area (Å²) in [5.74, 6) is -1.80. The number of aryl methyl sites for hydroxylation is 3. The number of carbonyl (C=O) groups is 1. The number of hydrogen-bond acceptors (Lipinski definition) is 6. The lowest BCUT2D eigenvalue weighted by molar-refractivity contribution is -0.536. The summed E-state index contributed by atoms with van der Waals surface area (Å²) < 4.78 is 1.33. The number of anilines is 1. The van der Waals surface area contributed by atoms with E-state index in [1.807, 2.05) is 39.8 Å². The molecule has 2 atom stereocenters. The lowest BCUT2D eigenvalue weighted by Gasteiger charge is -2.61. The number of nitrogens with zero attached hydrogens (tertiary/aromatic N) is 2. The zero-order valence-electron chi connectivity index (χ0n) is 22.1. The maximum atomic E-state index is 13.6. The van der Waals surface area contributed by atoms with E-state index in [9.17, 15) is 24.9 Å². The number of aliphatic hydroxyl groups is 1. The fraction of sp³-hybridized carbons (Fsp3) is 0.448. The Balaban J connectivity index is 1.69. The van der Waals surface area contributed by atoms with Crippen molar-refractivity contribution in [1.82, 2.24) is 9.78 Å². The van der Waals surface area contributed by atoms with Gasteiger partial charge in [0.05, 0.1) is 12.3 Å². The van der Waals surface area contributed by atoms with Gasteiger partial charge in [-0.05, 0) is 80.8 Å². The van der Waals surface area contributed by atoms with Crippen LogP contribution < -0.4 is 20.7 Å². The number of rotatable bonds is 9. The van der Waals surface area contributed by atoms with Crippen molar-refractivity contribution >= 4 is 11.5 Å². The van der Waals surface area contributed by atoms with Crippen LogP contribution in [-0.2, 0) is 6.42 Å². The first-order valence-corrected chi connectivity index (χ1v) is 12.9. The van der Waals surface area contributed by atoms with Gasteiger partial charge in [-0.15, -0.1) is 12.2 Å². The van der Waals surface area contributed by atoms with Gasteiger partial charge in [0.25, 0.3) is 5.56 Å². The molecule has 37 heavy (non-hydrogen) atoms. The van der Waals surface area contributed by atoms with Crippen LogP contribution in [-0.4, -0.2) is 52.6 Å². The Morgan fingerprint density at radius 3 is 2.38 bits per heavy atom. The molecule has 1 aliphatic rings. The number of likely N-dealkylation sites (N-methyl/N-ethyl adjacent to an activating group) is 1. The van der Waals surface area contributed by atoms with Gasteiger partial charge in [0.2, 0.25) is 0 Å². The Hall–Kier alpha value is -3.20. The first-order chi connectivity index (χ1) is 17.6. The predicted molar refractivity (Wildman–Crippen MR) is 140 cm³/mol. The van der Waals surface area contributed by atoms with Crippen LogP contribution in [0.25, 0.3) is 5.69 Å². The van der Waals surface area contributed by atoms with E-state index >= 15 is 0 Å². The van der Waals surface area contributed by atoms with Crippen molar-refractivity contribution in [1.29, 1.82) is 0 Å². The molecule has 3 aromatic rings. The molecule has 1 saturated carbocycles. The molecule has 1 heterocycles. The number of carbonyl (C=O) groups excluding carboxylic acids is 1. The van der Waals surface area contributed by atoms with Gasteiger partial charge < -0.3 is 20.2 Å². The van der Waals surface area contributed by atoms with E-state index in [1.165, 1.54) is 11.6 Å². The second-order valence-electron chi connectivity index (χ2n) is 9.88. The van der Waals surface area contributed by atoms with Crippen molar-refractivity contribution in [2.24, 2.45) is 0 Å². The number of hydrogen-bond donors (Lipinski definition) is 2. The van der Waals surface area contributed by atoms with Crippen LogP contribution in [0.15, 0.2) is 41.2 Å². The molecule has 0 bridgehead atoms. The predicted octanol–water partition coefficient (Wildman–Crippen LogP) is 1.70. The van der Waals surface area contributed by atoms with Gasteiger partial charge in [0.15, 0.2) is 5.78 Å². The Morgan fingerprint density at radius 2 is 1.78 bits per heavy atom. The average molecular weight is 506 g/mol. The molecule has 2 aromatic carbocycles. The molecule has 1 aromatic heterocycles. The van der Waals surface area contributed by atoms with E-state index < -0.39 is 29.6 Å². The number of ketones is 1. The molecule has 0 aliphatic heterocycles. The fourth-order valence-electron chi connectivity index (χ4n) is 5.60. The third-order valence-electron chi connectivity index (χ3n) is 7.65. The van der Waals surface area contributed by atoms with E-state index in [4.69, 9.17) is 0 Å². The largest absolute Gasteiger partial charge is 0.851 e. The van der Waals surface area contributed by atoms with Crippen LogP contribution in [0.1, 0.15) is 70.9 Å². The van der Waals surface area contributed by atoms with Gasteiger partial charge in [-0.1, -0.05) is 25.1 Å². The van der Waals surface area contributed by atoms with Gasteiger partial charge in [0.1, 0.15) is 0 Å². The molecular weight excluding hydrogens is 470 g/mol. The van der Waals surface area contributed by atoms with Crippen molar-refractivity contribution in [3.8, 4) is 5.69 Å². The molecule has 198 valence electrons. The number of nitrogens with one attached hydrogen (secondary N) is 1. The first kappa shape index (κ1) is 26.9. The van der Waals surface area contributed by atoms with E-state index in [0.29, 0.717) is 29.9 Å². The van der Waals surface area contributed by atoms with Crippen molar-refractivity contribution in [3.05, 3.63) is 80.3 Å². The summed E-state index contributed by atoms with van der Waals surface area (Å²) in [6.07, 6.45) is -2.01. The highest BCUT2D eigenvalue weighted by atomic mass is 16.3. The van der Waals surface area contributed by atoms with Crippen LogP contribution in [0.5, 0.6) is 0 Å².